The molecule has 1 aromatic rings. The normalized spacial score (nSPS) is 29.6. The maximum Gasteiger partial charge on any atom is 0.264 e. The number of hydrogen-bond acceptors (Lipinski definition) is 8. The van der Waals surface area contributed by atoms with Crippen LogP contribution in [0.15, 0.2) is 30.3 Å². The Morgan fingerprint density at radius 2 is 1.73 bits per heavy atom. The molecule has 0 N–H and O–H groups in total. The van der Waals surface area contributed by atoms with Gasteiger partial charge in [-0.3, -0.25) is 4.18 Å². The van der Waals surface area contributed by atoms with Crippen molar-refractivity contribution in [1.29, 1.82) is 0 Å². The van der Waals surface area contributed by atoms with Crippen molar-refractivity contribution in [2.45, 2.75) is 84.1 Å². The molecule has 0 aliphatic carbocycles. The van der Waals surface area contributed by atoms with Gasteiger partial charge in [0.2, 0.25) is 0 Å². The monoisotopic (exact) mass is 486 g/mol. The van der Waals surface area contributed by atoms with E-state index in [1.54, 1.807) is 0 Å². The summed E-state index contributed by atoms with van der Waals surface area (Å²) < 4.78 is 59.5. The summed E-state index contributed by atoms with van der Waals surface area (Å²) in [7, 11) is -3.64. The molecule has 3 rings (SSSR count). The smallest absolute Gasteiger partial charge is 0.264 e. The van der Waals surface area contributed by atoms with Crippen LogP contribution in [0.25, 0.3) is 0 Å². The van der Waals surface area contributed by atoms with Crippen LogP contribution in [0.1, 0.15) is 47.1 Å². The first-order chi connectivity index (χ1) is 15.3. The van der Waals surface area contributed by atoms with E-state index in [9.17, 15) is 8.42 Å². The minimum Gasteiger partial charge on any atom is -0.370 e. The molecule has 188 valence electrons. The average Bonchev–Trinajstić information content (AvgIpc) is 3.19. The molecule has 0 spiro atoms. The van der Waals surface area contributed by atoms with Gasteiger partial charge < -0.3 is 23.7 Å². The van der Waals surface area contributed by atoms with Crippen molar-refractivity contribution in [2.75, 3.05) is 19.5 Å². The lowest BCUT2D eigenvalue weighted by Gasteiger charge is -2.37. The second-order valence-electron chi connectivity index (χ2n) is 9.95. The van der Waals surface area contributed by atoms with Crippen LogP contribution in [0, 0.1) is 11.8 Å². The summed E-state index contributed by atoms with van der Waals surface area (Å²) in [4.78, 5) is 0. The van der Waals surface area contributed by atoms with E-state index < -0.39 is 21.7 Å². The lowest BCUT2D eigenvalue weighted by atomic mass is 9.82. The van der Waals surface area contributed by atoms with E-state index in [2.05, 4.69) is 0 Å². The van der Waals surface area contributed by atoms with Gasteiger partial charge in [0.05, 0.1) is 44.4 Å². The van der Waals surface area contributed by atoms with Crippen molar-refractivity contribution < 1.29 is 36.3 Å². The third kappa shape index (κ3) is 7.45. The Morgan fingerprint density at radius 3 is 2.24 bits per heavy atom. The fourth-order valence-corrected chi connectivity index (χ4v) is 5.04. The molecular weight excluding hydrogens is 448 g/mol. The summed E-state index contributed by atoms with van der Waals surface area (Å²) >= 11 is 0. The van der Waals surface area contributed by atoms with Gasteiger partial charge in [0.25, 0.3) is 10.1 Å². The molecule has 2 saturated heterocycles. The molecule has 2 heterocycles. The summed E-state index contributed by atoms with van der Waals surface area (Å²) in [5.41, 5.74) is 1.03. The first-order valence-corrected chi connectivity index (χ1v) is 13.3. The standard InChI is InChI=1S/C24H38O8S/c1-16(19(14-29-33(7,25)26)22-17(2)30-24(5,6)32-22)21(20-15-28-23(3,4)31-20)27-13-18-11-9-8-10-12-18/h8-12,16-17,19-22H,13-15H2,1-7H3/t16-,17-,19-,20+,21-,22-/m0/s1. The van der Waals surface area contributed by atoms with E-state index in [-0.39, 0.29) is 42.9 Å². The number of hydrogen-bond donors (Lipinski definition) is 0. The Labute approximate surface area is 198 Å². The van der Waals surface area contributed by atoms with Crippen LogP contribution in [-0.2, 0) is 44.6 Å². The third-order valence-corrected chi connectivity index (χ3v) is 6.69. The molecular formula is C24H38O8S. The minimum absolute atomic E-state index is 0.0450. The van der Waals surface area contributed by atoms with Crippen LogP contribution in [0.2, 0.25) is 0 Å². The van der Waals surface area contributed by atoms with Gasteiger partial charge in [-0.15, -0.1) is 0 Å². The molecule has 1 aromatic carbocycles. The summed E-state index contributed by atoms with van der Waals surface area (Å²) in [6.07, 6.45) is -0.296. The Morgan fingerprint density at radius 1 is 1.06 bits per heavy atom. The van der Waals surface area contributed by atoms with Crippen LogP contribution < -0.4 is 0 Å². The number of rotatable bonds is 10. The predicted molar refractivity (Wildman–Crippen MR) is 123 cm³/mol. The quantitative estimate of drug-likeness (QED) is 0.464. The fourth-order valence-electron chi connectivity index (χ4n) is 4.63. The zero-order valence-electron chi connectivity index (χ0n) is 20.6. The molecule has 8 nitrogen and oxygen atoms in total. The van der Waals surface area contributed by atoms with Crippen LogP contribution in [-0.4, -0.2) is 63.9 Å². The molecule has 6 atom stereocenters. The Balaban J connectivity index is 1.86. The van der Waals surface area contributed by atoms with Gasteiger partial charge >= 0.3 is 0 Å². The maximum atomic E-state index is 11.8. The van der Waals surface area contributed by atoms with Crippen LogP contribution in [0.5, 0.6) is 0 Å². The fraction of sp³-hybridized carbons (Fsp3) is 0.750. The van der Waals surface area contributed by atoms with Gasteiger partial charge in [-0.05, 0) is 46.1 Å². The highest BCUT2D eigenvalue weighted by molar-refractivity contribution is 7.85. The topological polar surface area (TPSA) is 89.5 Å². The SMILES string of the molecule is C[C@@H]([C@H](COS(C)(=O)=O)[C@H]1OC(C)(C)O[C@H]1C)[C@H](OCc1ccccc1)[C@H]1COC(C)(C)O1. The molecule has 0 aromatic heterocycles. The summed E-state index contributed by atoms with van der Waals surface area (Å²) in [6, 6.07) is 9.89. The Bertz CT molecular complexity index is 870. The molecule has 0 unspecified atom stereocenters. The van der Waals surface area contributed by atoms with Gasteiger partial charge in [0.1, 0.15) is 6.10 Å². The molecule has 2 fully saturated rings. The van der Waals surface area contributed by atoms with E-state index in [0.29, 0.717) is 13.2 Å². The second kappa shape index (κ2) is 10.3. The molecule has 2 aliphatic rings. The zero-order valence-corrected chi connectivity index (χ0v) is 21.5. The first kappa shape index (κ1) is 26.5. The molecule has 0 bridgehead atoms. The summed E-state index contributed by atoms with van der Waals surface area (Å²) in [5.74, 6) is -2.02. The Hall–Kier alpha value is -1.07. The van der Waals surface area contributed by atoms with Crippen LogP contribution in [0.3, 0.4) is 0 Å². The molecule has 33 heavy (non-hydrogen) atoms. The zero-order chi connectivity index (χ0) is 24.4. The van der Waals surface area contributed by atoms with Gasteiger partial charge in [-0.1, -0.05) is 37.3 Å². The van der Waals surface area contributed by atoms with Gasteiger partial charge in [0, 0.05) is 5.92 Å². The van der Waals surface area contributed by atoms with Crippen molar-refractivity contribution >= 4 is 10.1 Å². The largest absolute Gasteiger partial charge is 0.370 e. The summed E-state index contributed by atoms with van der Waals surface area (Å²) in [6.45, 7) is 12.1. The van der Waals surface area contributed by atoms with E-state index in [0.717, 1.165) is 11.8 Å². The van der Waals surface area contributed by atoms with Crippen LogP contribution in [0.4, 0.5) is 0 Å². The van der Waals surface area contributed by atoms with Crippen molar-refractivity contribution in [3.63, 3.8) is 0 Å². The van der Waals surface area contributed by atoms with Crippen LogP contribution >= 0.6 is 0 Å². The average molecular weight is 487 g/mol. The van der Waals surface area contributed by atoms with Gasteiger partial charge in [0.15, 0.2) is 11.6 Å². The van der Waals surface area contributed by atoms with Crippen molar-refractivity contribution in [2.24, 2.45) is 11.8 Å². The van der Waals surface area contributed by atoms with Crippen molar-refractivity contribution in [1.82, 2.24) is 0 Å². The van der Waals surface area contributed by atoms with Crippen molar-refractivity contribution in [3.05, 3.63) is 35.9 Å². The highest BCUT2D eigenvalue weighted by atomic mass is 32.2. The minimum atomic E-state index is -3.64. The molecule has 0 radical (unpaired) electrons. The summed E-state index contributed by atoms with van der Waals surface area (Å²) in [5, 5.41) is 0. The predicted octanol–water partition coefficient (Wildman–Crippen LogP) is 3.49. The first-order valence-electron chi connectivity index (χ1n) is 11.4. The lowest BCUT2D eigenvalue weighted by molar-refractivity contribution is -0.176. The molecule has 9 heteroatoms. The third-order valence-electron chi connectivity index (χ3n) is 6.12. The number of benzene rings is 1. The second-order valence-corrected chi connectivity index (χ2v) is 11.6. The van der Waals surface area contributed by atoms with E-state index in [4.69, 9.17) is 27.9 Å². The van der Waals surface area contributed by atoms with E-state index >= 15 is 0 Å². The highest BCUT2D eigenvalue weighted by Crippen LogP contribution is 2.39. The Kier molecular flexibility index (Phi) is 8.26. The molecule has 0 saturated carbocycles. The van der Waals surface area contributed by atoms with E-state index in [1.165, 1.54) is 0 Å². The lowest BCUT2D eigenvalue weighted by Crippen LogP contribution is -2.47. The van der Waals surface area contributed by atoms with Gasteiger partial charge in [-0.2, -0.15) is 8.42 Å². The van der Waals surface area contributed by atoms with Crippen molar-refractivity contribution in [3.8, 4) is 0 Å². The molecule has 2 aliphatic heterocycles. The molecule has 0 amide bonds. The highest BCUT2D eigenvalue weighted by Gasteiger charge is 2.49. The van der Waals surface area contributed by atoms with E-state index in [1.807, 2.05) is 71.9 Å². The maximum absolute atomic E-state index is 11.8. The van der Waals surface area contributed by atoms with Gasteiger partial charge in [-0.25, -0.2) is 0 Å². The number of ether oxygens (including phenoxy) is 5.